The molecule has 1 atom stereocenters. The fourth-order valence-corrected chi connectivity index (χ4v) is 5.34. The van der Waals surface area contributed by atoms with Crippen molar-refractivity contribution in [3.05, 3.63) is 53.9 Å². The van der Waals surface area contributed by atoms with Crippen LogP contribution in [0.2, 0.25) is 25.7 Å². The lowest BCUT2D eigenvalue weighted by molar-refractivity contribution is -0.121. The van der Waals surface area contributed by atoms with Gasteiger partial charge >= 0.3 is 6.09 Å². The summed E-state index contributed by atoms with van der Waals surface area (Å²) in [5.74, 6) is 1.18. The summed E-state index contributed by atoms with van der Waals surface area (Å²) < 4.78 is 19.8. The van der Waals surface area contributed by atoms with E-state index < -0.39 is 25.8 Å². The highest BCUT2D eigenvalue weighted by Gasteiger charge is 2.23. The van der Waals surface area contributed by atoms with E-state index in [4.69, 9.17) is 14.2 Å². The average Bonchev–Trinajstić information content (AvgIpc) is 3.23. The van der Waals surface area contributed by atoms with Crippen LogP contribution in [0.5, 0.6) is 11.5 Å². The molecule has 0 saturated carbocycles. The number of nitrogens with one attached hydrogen (secondary N) is 2. The molecule has 1 unspecified atom stereocenters. The maximum atomic E-state index is 12.8. The first kappa shape index (κ1) is 35.1. The zero-order valence-electron chi connectivity index (χ0n) is 28.0. The normalized spacial score (nSPS) is 12.8. The molecule has 3 rings (SSSR count). The molecule has 0 spiro atoms. The molecule has 44 heavy (non-hydrogen) atoms. The van der Waals surface area contributed by atoms with Crippen LogP contribution in [0, 0.1) is 6.92 Å². The Morgan fingerprint density at radius 1 is 1.09 bits per heavy atom. The van der Waals surface area contributed by atoms with Crippen molar-refractivity contribution in [3.8, 4) is 11.5 Å². The van der Waals surface area contributed by atoms with Crippen LogP contribution in [0.15, 0.2) is 42.7 Å². The molecule has 0 aliphatic carbocycles. The molecular formula is C33H51N5O5Si. The van der Waals surface area contributed by atoms with Gasteiger partial charge in [-0.25, -0.2) is 9.78 Å². The summed E-state index contributed by atoms with van der Waals surface area (Å²) in [7, 11) is 2.83. The Labute approximate surface area is 263 Å². The Morgan fingerprint density at radius 2 is 1.80 bits per heavy atom. The Morgan fingerprint density at radius 3 is 2.43 bits per heavy atom. The predicted molar refractivity (Wildman–Crippen MR) is 178 cm³/mol. The number of aromatic nitrogens is 2. The lowest BCUT2D eigenvalue weighted by Crippen LogP contribution is -2.37. The molecule has 1 aromatic carbocycles. The van der Waals surface area contributed by atoms with Crippen molar-refractivity contribution in [1.82, 2.24) is 25.1 Å². The molecule has 3 aromatic rings. The number of rotatable bonds is 15. The summed E-state index contributed by atoms with van der Waals surface area (Å²) in [6.45, 7) is 17.1. The molecule has 2 amide bonds. The van der Waals surface area contributed by atoms with Crippen LogP contribution in [-0.4, -0.2) is 73.9 Å². The second-order valence-electron chi connectivity index (χ2n) is 13.7. The minimum Gasteiger partial charge on any atom is -0.457 e. The maximum absolute atomic E-state index is 12.8. The van der Waals surface area contributed by atoms with E-state index in [1.807, 2.05) is 62.1 Å². The standard InChI is InChI=1S/C33H51N5O5Si/c1-24-22-38(23-41-19-20-44(7,8)9)31-30(24)28(15-17-35-31)42-26-13-11-25(12-14-26)27(36-32(40)43-33(2,3)4)21-29(39)34-16-10-18-37(5)6/h11-15,17,22,27H,10,16,18-21,23H2,1-9H3,(H,34,39)(H,36,40). The summed E-state index contributed by atoms with van der Waals surface area (Å²) in [5.41, 5.74) is 1.97. The van der Waals surface area contributed by atoms with E-state index in [0.717, 1.165) is 47.8 Å². The third kappa shape index (κ3) is 11.6. The molecule has 2 N–H and O–H groups in total. The third-order valence-electron chi connectivity index (χ3n) is 6.83. The highest BCUT2D eigenvalue weighted by atomic mass is 28.3. The molecule has 0 saturated heterocycles. The molecule has 0 fully saturated rings. The number of fused-ring (bicyclic) bond motifs is 1. The van der Waals surface area contributed by atoms with Crippen molar-refractivity contribution in [2.45, 2.75) is 84.6 Å². The Balaban J connectivity index is 1.73. The largest absolute Gasteiger partial charge is 0.457 e. The Bertz CT molecular complexity index is 1380. The number of amides is 2. The quantitative estimate of drug-likeness (QED) is 0.147. The van der Waals surface area contributed by atoms with Gasteiger partial charge in [0, 0.05) is 33.6 Å². The zero-order chi connectivity index (χ0) is 32.5. The fourth-order valence-electron chi connectivity index (χ4n) is 4.58. The molecule has 0 aliphatic heterocycles. The zero-order valence-corrected chi connectivity index (χ0v) is 29.0. The van der Waals surface area contributed by atoms with Crippen LogP contribution in [-0.2, 0) is 21.0 Å². The van der Waals surface area contributed by atoms with E-state index in [1.54, 1.807) is 27.0 Å². The van der Waals surface area contributed by atoms with Gasteiger partial charge in [-0.2, -0.15) is 0 Å². The number of nitrogens with zero attached hydrogens (tertiary/aromatic N) is 3. The van der Waals surface area contributed by atoms with Gasteiger partial charge in [0.2, 0.25) is 5.91 Å². The number of carbonyl (C=O) groups is 2. The molecule has 2 heterocycles. The van der Waals surface area contributed by atoms with Crippen LogP contribution in [0.4, 0.5) is 4.79 Å². The van der Waals surface area contributed by atoms with Gasteiger partial charge in [0.1, 0.15) is 29.5 Å². The van der Waals surface area contributed by atoms with E-state index in [2.05, 4.69) is 40.2 Å². The highest BCUT2D eigenvalue weighted by Crippen LogP contribution is 2.33. The van der Waals surface area contributed by atoms with Crippen molar-refractivity contribution in [3.63, 3.8) is 0 Å². The molecule has 242 valence electrons. The van der Waals surface area contributed by atoms with Crippen LogP contribution in [0.25, 0.3) is 11.0 Å². The van der Waals surface area contributed by atoms with Crippen LogP contribution in [0.3, 0.4) is 0 Å². The molecule has 0 bridgehead atoms. The second kappa shape index (κ2) is 15.5. The third-order valence-corrected chi connectivity index (χ3v) is 8.53. The molecule has 0 aliphatic rings. The average molecular weight is 626 g/mol. The van der Waals surface area contributed by atoms with Gasteiger partial charge in [0.15, 0.2) is 0 Å². The lowest BCUT2D eigenvalue weighted by atomic mass is 10.0. The van der Waals surface area contributed by atoms with Crippen LogP contribution < -0.4 is 15.4 Å². The minimum atomic E-state index is -1.16. The van der Waals surface area contributed by atoms with Gasteiger partial charge < -0.3 is 34.3 Å². The summed E-state index contributed by atoms with van der Waals surface area (Å²) in [5, 5.41) is 6.75. The molecule has 0 radical (unpaired) electrons. The van der Waals surface area contributed by atoms with Crippen molar-refractivity contribution in [2.24, 2.45) is 0 Å². The van der Waals surface area contributed by atoms with Crippen molar-refractivity contribution in [2.75, 3.05) is 33.8 Å². The van der Waals surface area contributed by atoms with Crippen LogP contribution >= 0.6 is 0 Å². The number of ether oxygens (including phenoxy) is 3. The van der Waals surface area contributed by atoms with E-state index >= 15 is 0 Å². The number of benzene rings is 1. The van der Waals surface area contributed by atoms with Crippen molar-refractivity contribution < 1.29 is 23.8 Å². The van der Waals surface area contributed by atoms with Gasteiger partial charge in [-0.05, 0) is 90.1 Å². The topological polar surface area (TPSA) is 107 Å². The van der Waals surface area contributed by atoms with Gasteiger partial charge in [0.05, 0.1) is 17.8 Å². The van der Waals surface area contributed by atoms with E-state index in [0.29, 0.717) is 24.8 Å². The number of carbonyl (C=O) groups excluding carboxylic acids is 2. The first-order chi connectivity index (χ1) is 20.6. The maximum Gasteiger partial charge on any atom is 0.408 e. The number of aryl methyl sites for hydroxylation is 1. The second-order valence-corrected chi connectivity index (χ2v) is 19.3. The highest BCUT2D eigenvalue weighted by molar-refractivity contribution is 6.76. The van der Waals surface area contributed by atoms with Gasteiger partial charge in [-0.3, -0.25) is 4.79 Å². The van der Waals surface area contributed by atoms with E-state index in [-0.39, 0.29) is 12.3 Å². The van der Waals surface area contributed by atoms with Crippen molar-refractivity contribution in [1.29, 1.82) is 0 Å². The number of hydrogen-bond donors (Lipinski definition) is 2. The monoisotopic (exact) mass is 625 g/mol. The molecular weight excluding hydrogens is 574 g/mol. The molecule has 11 heteroatoms. The summed E-state index contributed by atoms with van der Waals surface area (Å²) in [6.07, 6.45) is 4.12. The number of hydrogen-bond acceptors (Lipinski definition) is 7. The van der Waals surface area contributed by atoms with Gasteiger partial charge in [-0.15, -0.1) is 0 Å². The molecule has 10 nitrogen and oxygen atoms in total. The predicted octanol–water partition coefficient (Wildman–Crippen LogP) is 6.47. The first-order valence-corrected chi connectivity index (χ1v) is 19.0. The number of pyridine rings is 1. The fraction of sp³-hybridized carbons (Fsp3) is 0.545. The summed E-state index contributed by atoms with van der Waals surface area (Å²) >= 11 is 0. The minimum absolute atomic E-state index is 0.0824. The Hall–Kier alpha value is -3.41. The van der Waals surface area contributed by atoms with Gasteiger partial charge in [-0.1, -0.05) is 31.8 Å². The van der Waals surface area contributed by atoms with Crippen LogP contribution in [0.1, 0.15) is 50.8 Å². The van der Waals surface area contributed by atoms with Crippen molar-refractivity contribution >= 4 is 31.1 Å². The van der Waals surface area contributed by atoms with E-state index in [9.17, 15) is 9.59 Å². The molecule has 2 aromatic heterocycles. The lowest BCUT2D eigenvalue weighted by Gasteiger charge is -2.24. The summed E-state index contributed by atoms with van der Waals surface area (Å²) in [4.78, 5) is 32.1. The van der Waals surface area contributed by atoms with E-state index in [1.165, 1.54) is 0 Å². The smallest absolute Gasteiger partial charge is 0.408 e. The summed E-state index contributed by atoms with van der Waals surface area (Å²) in [6, 6.07) is 9.79. The Kier molecular flexibility index (Phi) is 12.4. The van der Waals surface area contributed by atoms with Gasteiger partial charge in [0.25, 0.3) is 0 Å². The SMILES string of the molecule is Cc1cn(COCC[Si](C)(C)C)c2nccc(Oc3ccc(C(CC(=O)NCCCN(C)C)NC(=O)OC(C)(C)C)cc3)c12. The number of alkyl carbamates (subject to hydrolysis) is 1. The first-order valence-electron chi connectivity index (χ1n) is 15.3.